The minimum Gasteiger partial charge on any atom is -0.357 e. The van der Waals surface area contributed by atoms with E-state index in [0.29, 0.717) is 29.3 Å². The molecule has 1 aliphatic heterocycles. The summed E-state index contributed by atoms with van der Waals surface area (Å²) in [6.07, 6.45) is 2.42. The molecule has 6 nitrogen and oxygen atoms in total. The first-order valence-electron chi connectivity index (χ1n) is 8.45. The van der Waals surface area contributed by atoms with Gasteiger partial charge in [0.25, 0.3) is 0 Å². The highest BCUT2D eigenvalue weighted by molar-refractivity contribution is 14.0. The third kappa shape index (κ3) is 6.31. The molecular formula is C17H23ClIN5OS. The molecule has 26 heavy (non-hydrogen) atoms. The Morgan fingerprint density at radius 1 is 1.46 bits per heavy atom. The number of guanidine groups is 1. The Labute approximate surface area is 180 Å². The van der Waals surface area contributed by atoms with Crippen LogP contribution in [-0.4, -0.2) is 40.2 Å². The van der Waals surface area contributed by atoms with Gasteiger partial charge in [0.1, 0.15) is 6.54 Å². The lowest BCUT2D eigenvalue weighted by molar-refractivity contribution is 0.380. The van der Waals surface area contributed by atoms with Crippen LogP contribution in [0.2, 0.25) is 5.02 Å². The molecule has 0 bridgehead atoms. The van der Waals surface area contributed by atoms with Gasteiger partial charge in [-0.25, -0.2) is 4.99 Å². The quantitative estimate of drug-likeness (QED) is 0.363. The van der Waals surface area contributed by atoms with Crippen LogP contribution in [0.15, 0.2) is 33.8 Å². The molecule has 1 aromatic heterocycles. The van der Waals surface area contributed by atoms with Crippen molar-refractivity contribution in [2.24, 2.45) is 4.99 Å². The zero-order valence-corrected chi connectivity index (χ0v) is 18.5. The summed E-state index contributed by atoms with van der Waals surface area (Å²) in [4.78, 5) is 8.96. The first-order chi connectivity index (χ1) is 12.2. The highest BCUT2D eigenvalue weighted by atomic mass is 127. The van der Waals surface area contributed by atoms with Crippen molar-refractivity contribution in [2.45, 2.75) is 32.4 Å². The maximum absolute atomic E-state index is 6.01. The Morgan fingerprint density at radius 3 is 3.08 bits per heavy atom. The summed E-state index contributed by atoms with van der Waals surface area (Å²) >= 11 is 7.99. The van der Waals surface area contributed by atoms with Gasteiger partial charge < -0.3 is 15.2 Å². The van der Waals surface area contributed by atoms with Gasteiger partial charge in [-0.05, 0) is 37.7 Å². The van der Waals surface area contributed by atoms with E-state index in [1.807, 2.05) is 36.0 Å². The third-order valence-corrected chi connectivity index (χ3v) is 5.22. The highest BCUT2D eigenvalue weighted by Crippen LogP contribution is 2.20. The van der Waals surface area contributed by atoms with Crippen LogP contribution in [0.1, 0.15) is 25.7 Å². The Balaban J connectivity index is 0.00000243. The van der Waals surface area contributed by atoms with Crippen molar-refractivity contribution in [1.29, 1.82) is 0 Å². The van der Waals surface area contributed by atoms with E-state index in [-0.39, 0.29) is 24.0 Å². The molecule has 0 saturated carbocycles. The predicted octanol–water partition coefficient (Wildman–Crippen LogP) is 3.96. The minimum atomic E-state index is 0. The molecule has 1 saturated heterocycles. The smallest absolute Gasteiger partial charge is 0.248 e. The third-order valence-electron chi connectivity index (χ3n) is 3.77. The molecule has 2 N–H and O–H groups in total. The van der Waals surface area contributed by atoms with Gasteiger partial charge in [-0.3, -0.25) is 0 Å². The first-order valence-corrected chi connectivity index (χ1v) is 9.99. The normalized spacial score (nSPS) is 17.5. The van der Waals surface area contributed by atoms with Crippen LogP contribution < -0.4 is 10.6 Å². The van der Waals surface area contributed by atoms with Gasteiger partial charge in [-0.2, -0.15) is 16.7 Å². The van der Waals surface area contributed by atoms with Crippen LogP contribution >= 0.6 is 47.3 Å². The van der Waals surface area contributed by atoms with Gasteiger partial charge in [0.2, 0.25) is 11.7 Å². The van der Waals surface area contributed by atoms with Crippen LogP contribution in [0.3, 0.4) is 0 Å². The molecule has 2 aromatic rings. The lowest BCUT2D eigenvalue weighted by atomic mass is 10.2. The molecular weight excluding hydrogens is 485 g/mol. The summed E-state index contributed by atoms with van der Waals surface area (Å²) < 4.78 is 5.31. The summed E-state index contributed by atoms with van der Waals surface area (Å²) in [5, 5.41) is 11.4. The second-order valence-electron chi connectivity index (χ2n) is 5.78. The van der Waals surface area contributed by atoms with Gasteiger partial charge in [-0.1, -0.05) is 28.9 Å². The van der Waals surface area contributed by atoms with Crippen molar-refractivity contribution >= 4 is 53.3 Å². The van der Waals surface area contributed by atoms with Gasteiger partial charge in [0.05, 0.1) is 0 Å². The van der Waals surface area contributed by atoms with Crippen LogP contribution in [0.5, 0.6) is 0 Å². The van der Waals surface area contributed by atoms with Crippen molar-refractivity contribution < 1.29 is 4.52 Å². The van der Waals surface area contributed by atoms with E-state index in [9.17, 15) is 0 Å². The van der Waals surface area contributed by atoms with Crippen LogP contribution in [0.25, 0.3) is 11.4 Å². The Kier molecular flexibility index (Phi) is 9.00. The van der Waals surface area contributed by atoms with Gasteiger partial charge in [0.15, 0.2) is 5.96 Å². The second-order valence-corrected chi connectivity index (χ2v) is 7.36. The molecule has 3 rings (SSSR count). The molecule has 142 valence electrons. The molecule has 2 heterocycles. The van der Waals surface area contributed by atoms with Crippen LogP contribution in [-0.2, 0) is 6.54 Å². The average Bonchev–Trinajstić information content (AvgIpc) is 3.10. The van der Waals surface area contributed by atoms with Crippen molar-refractivity contribution in [3.05, 3.63) is 35.2 Å². The molecule has 1 fully saturated rings. The fourth-order valence-electron chi connectivity index (χ4n) is 2.58. The number of thioether (sulfide) groups is 1. The van der Waals surface area contributed by atoms with Crippen LogP contribution in [0.4, 0.5) is 0 Å². The number of nitrogens with one attached hydrogen (secondary N) is 2. The van der Waals surface area contributed by atoms with E-state index in [0.717, 1.165) is 23.8 Å². The molecule has 1 aliphatic rings. The second kappa shape index (κ2) is 11.0. The number of rotatable bonds is 5. The molecule has 0 spiro atoms. The fourth-order valence-corrected chi connectivity index (χ4v) is 3.84. The Morgan fingerprint density at radius 2 is 2.35 bits per heavy atom. The van der Waals surface area contributed by atoms with Gasteiger partial charge in [0, 0.05) is 28.9 Å². The topological polar surface area (TPSA) is 75.3 Å². The van der Waals surface area contributed by atoms with E-state index in [2.05, 4.69) is 32.7 Å². The van der Waals surface area contributed by atoms with E-state index in [1.54, 1.807) is 0 Å². The maximum Gasteiger partial charge on any atom is 0.248 e. The number of nitrogens with zero attached hydrogens (tertiary/aromatic N) is 3. The number of aromatic nitrogens is 2. The Bertz CT molecular complexity index is 721. The minimum absolute atomic E-state index is 0. The van der Waals surface area contributed by atoms with E-state index in [4.69, 9.17) is 16.1 Å². The number of hydrogen-bond acceptors (Lipinski definition) is 5. The van der Waals surface area contributed by atoms with E-state index < -0.39 is 0 Å². The summed E-state index contributed by atoms with van der Waals surface area (Å²) in [6, 6.07) is 7.85. The molecule has 0 aliphatic carbocycles. The monoisotopic (exact) mass is 507 g/mol. The van der Waals surface area contributed by atoms with Gasteiger partial charge >= 0.3 is 0 Å². The van der Waals surface area contributed by atoms with E-state index >= 15 is 0 Å². The SMILES string of the molecule is CCNC(=NCc1nc(-c2cccc(Cl)c2)no1)NC1CCCSC1.I. The molecule has 1 unspecified atom stereocenters. The summed E-state index contributed by atoms with van der Waals surface area (Å²) in [6.45, 7) is 3.20. The molecule has 0 radical (unpaired) electrons. The fraction of sp³-hybridized carbons (Fsp3) is 0.471. The number of aliphatic imine (C=N–C) groups is 1. The predicted molar refractivity (Wildman–Crippen MR) is 118 cm³/mol. The Hall–Kier alpha value is -1.000. The lowest BCUT2D eigenvalue weighted by Gasteiger charge is -2.24. The zero-order chi connectivity index (χ0) is 17.5. The standard InChI is InChI=1S/C17H22ClN5OS.HI/c1-2-19-17(21-14-7-4-8-25-11-14)20-10-15-22-16(23-24-15)12-5-3-6-13(18)9-12;/h3,5-6,9,14H,2,4,7-8,10-11H2,1H3,(H2,19,20,21);1H. The van der Waals surface area contributed by atoms with Crippen molar-refractivity contribution in [3.8, 4) is 11.4 Å². The van der Waals surface area contributed by atoms with Crippen molar-refractivity contribution in [3.63, 3.8) is 0 Å². The first kappa shape index (κ1) is 21.3. The number of hydrogen-bond donors (Lipinski definition) is 2. The average molecular weight is 508 g/mol. The zero-order valence-electron chi connectivity index (χ0n) is 14.6. The highest BCUT2D eigenvalue weighted by Gasteiger charge is 2.15. The van der Waals surface area contributed by atoms with E-state index in [1.165, 1.54) is 18.6 Å². The van der Waals surface area contributed by atoms with Gasteiger partial charge in [-0.15, -0.1) is 24.0 Å². The molecule has 1 atom stereocenters. The number of halogens is 2. The lowest BCUT2D eigenvalue weighted by Crippen LogP contribution is -2.45. The number of benzene rings is 1. The molecule has 0 amide bonds. The van der Waals surface area contributed by atoms with Crippen LogP contribution in [0, 0.1) is 0 Å². The summed E-state index contributed by atoms with van der Waals surface area (Å²) in [5.41, 5.74) is 0.829. The summed E-state index contributed by atoms with van der Waals surface area (Å²) in [7, 11) is 0. The maximum atomic E-state index is 6.01. The van der Waals surface area contributed by atoms with Crippen molar-refractivity contribution in [2.75, 3.05) is 18.1 Å². The summed E-state index contributed by atoms with van der Waals surface area (Å²) in [5.74, 6) is 4.15. The molecule has 9 heteroatoms. The van der Waals surface area contributed by atoms with Crippen molar-refractivity contribution in [1.82, 2.24) is 20.8 Å². The molecule has 1 aromatic carbocycles. The largest absolute Gasteiger partial charge is 0.357 e.